The average molecular weight is 357 g/mol. The van der Waals surface area contributed by atoms with E-state index >= 15 is 0 Å². The molecule has 0 spiro atoms. The monoisotopic (exact) mass is 355 g/mol. The van der Waals surface area contributed by atoms with Crippen molar-refractivity contribution in [3.05, 3.63) is 27.4 Å². The van der Waals surface area contributed by atoms with Crippen LogP contribution >= 0.6 is 39.3 Å². The van der Waals surface area contributed by atoms with Crippen molar-refractivity contribution in [1.29, 1.82) is 0 Å². The molecular weight excluding hydrogens is 349 g/mol. The highest BCUT2D eigenvalue weighted by Crippen LogP contribution is 2.31. The van der Waals surface area contributed by atoms with Crippen LogP contribution in [0.25, 0.3) is 0 Å². The topological polar surface area (TPSA) is 66.4 Å². The maximum absolute atomic E-state index is 12.9. The number of carbonyl (C=O) groups is 2. The number of thioether (sulfide) groups is 1. The fourth-order valence-electron chi connectivity index (χ4n) is 1.07. The lowest BCUT2D eigenvalue weighted by Crippen LogP contribution is -2.16. The van der Waals surface area contributed by atoms with Crippen LogP contribution in [0.3, 0.4) is 0 Å². The Morgan fingerprint density at radius 2 is 2.11 bits per heavy atom. The van der Waals surface area contributed by atoms with Gasteiger partial charge in [-0.3, -0.25) is 9.59 Å². The van der Waals surface area contributed by atoms with Crippen molar-refractivity contribution < 1.29 is 19.1 Å². The van der Waals surface area contributed by atoms with E-state index in [4.69, 9.17) is 16.7 Å². The van der Waals surface area contributed by atoms with Gasteiger partial charge in [-0.25, -0.2) is 4.39 Å². The first kappa shape index (κ1) is 15.3. The molecule has 0 fully saturated rings. The van der Waals surface area contributed by atoms with E-state index < -0.39 is 17.7 Å². The van der Waals surface area contributed by atoms with Crippen LogP contribution in [0.15, 0.2) is 16.6 Å². The average Bonchev–Trinajstić information content (AvgIpc) is 2.22. The SMILES string of the molecule is O=C(O)CSCC(=O)Nc1c(Cl)cc(F)cc1Br. The molecule has 0 saturated carbocycles. The standard InChI is InChI=1S/C10H8BrClFNO3S/c11-6-1-5(13)2-7(12)10(6)14-8(15)3-18-4-9(16)17/h1-2H,3-4H2,(H,14,15)(H,16,17). The number of benzene rings is 1. The molecule has 1 amide bonds. The Kier molecular flexibility index (Phi) is 5.90. The van der Waals surface area contributed by atoms with Crippen molar-refractivity contribution in [1.82, 2.24) is 0 Å². The molecule has 1 aromatic carbocycles. The predicted molar refractivity (Wildman–Crippen MR) is 72.7 cm³/mol. The number of carboxylic acids is 1. The molecule has 0 unspecified atom stereocenters. The van der Waals surface area contributed by atoms with Gasteiger partial charge in [-0.15, -0.1) is 11.8 Å². The third-order valence-corrected chi connectivity index (χ3v) is 3.57. The van der Waals surface area contributed by atoms with Gasteiger partial charge in [0.1, 0.15) is 5.82 Å². The molecule has 0 aliphatic rings. The number of halogens is 3. The summed E-state index contributed by atoms with van der Waals surface area (Å²) in [6.07, 6.45) is 0. The summed E-state index contributed by atoms with van der Waals surface area (Å²) in [5, 5.41) is 11.0. The summed E-state index contributed by atoms with van der Waals surface area (Å²) in [7, 11) is 0. The highest BCUT2D eigenvalue weighted by atomic mass is 79.9. The second kappa shape index (κ2) is 6.96. The van der Waals surface area contributed by atoms with Crippen LogP contribution in [0.1, 0.15) is 0 Å². The van der Waals surface area contributed by atoms with Crippen LogP contribution < -0.4 is 5.32 Å². The summed E-state index contributed by atoms with van der Waals surface area (Å²) < 4.78 is 13.3. The lowest BCUT2D eigenvalue weighted by atomic mass is 10.3. The van der Waals surface area contributed by atoms with Gasteiger partial charge in [-0.1, -0.05) is 11.6 Å². The van der Waals surface area contributed by atoms with Crippen LogP contribution in [-0.2, 0) is 9.59 Å². The molecule has 0 radical (unpaired) electrons. The maximum atomic E-state index is 12.9. The third-order valence-electron chi connectivity index (χ3n) is 1.73. The molecule has 0 bridgehead atoms. The minimum Gasteiger partial charge on any atom is -0.481 e. The molecule has 0 saturated heterocycles. The number of aliphatic carboxylic acids is 1. The van der Waals surface area contributed by atoms with Gasteiger partial charge in [0.05, 0.1) is 22.2 Å². The molecule has 1 rings (SSSR count). The van der Waals surface area contributed by atoms with Crippen molar-refractivity contribution in [2.24, 2.45) is 0 Å². The fraction of sp³-hybridized carbons (Fsp3) is 0.200. The first-order valence-electron chi connectivity index (χ1n) is 4.64. The number of hydrogen-bond acceptors (Lipinski definition) is 3. The number of anilines is 1. The molecule has 0 aliphatic heterocycles. The lowest BCUT2D eigenvalue weighted by Gasteiger charge is -2.09. The van der Waals surface area contributed by atoms with E-state index in [0.29, 0.717) is 4.47 Å². The van der Waals surface area contributed by atoms with Gasteiger partial charge in [0.2, 0.25) is 5.91 Å². The van der Waals surface area contributed by atoms with Crippen molar-refractivity contribution in [2.45, 2.75) is 0 Å². The molecule has 18 heavy (non-hydrogen) atoms. The number of nitrogens with one attached hydrogen (secondary N) is 1. The summed E-state index contributed by atoms with van der Waals surface area (Å²) >= 11 is 9.81. The van der Waals surface area contributed by atoms with Gasteiger partial charge in [-0.05, 0) is 28.1 Å². The number of hydrogen-bond donors (Lipinski definition) is 2. The second-order valence-electron chi connectivity index (χ2n) is 3.18. The second-order valence-corrected chi connectivity index (χ2v) is 5.43. The van der Waals surface area contributed by atoms with E-state index in [1.54, 1.807) is 0 Å². The van der Waals surface area contributed by atoms with Gasteiger partial charge in [0, 0.05) is 4.47 Å². The summed E-state index contributed by atoms with van der Waals surface area (Å²) in [4.78, 5) is 21.7. The molecule has 0 heterocycles. The molecule has 0 atom stereocenters. The smallest absolute Gasteiger partial charge is 0.313 e. The zero-order chi connectivity index (χ0) is 13.7. The van der Waals surface area contributed by atoms with Crippen LogP contribution in [-0.4, -0.2) is 28.5 Å². The number of rotatable bonds is 5. The summed E-state index contributed by atoms with van der Waals surface area (Å²) in [5.74, 6) is -2.10. The summed E-state index contributed by atoms with van der Waals surface area (Å²) in [6.45, 7) is 0. The molecule has 8 heteroatoms. The lowest BCUT2D eigenvalue weighted by molar-refractivity contribution is -0.133. The molecule has 4 nitrogen and oxygen atoms in total. The van der Waals surface area contributed by atoms with E-state index in [-0.39, 0.29) is 22.2 Å². The summed E-state index contributed by atoms with van der Waals surface area (Å²) in [6, 6.07) is 2.25. The third kappa shape index (κ3) is 4.83. The highest BCUT2D eigenvalue weighted by Gasteiger charge is 2.11. The molecule has 0 aliphatic carbocycles. The Morgan fingerprint density at radius 3 is 2.67 bits per heavy atom. The van der Waals surface area contributed by atoms with Gasteiger partial charge in [-0.2, -0.15) is 0 Å². The fourth-order valence-corrected chi connectivity index (χ4v) is 2.50. The van der Waals surface area contributed by atoms with E-state index in [0.717, 1.165) is 17.8 Å². The van der Waals surface area contributed by atoms with E-state index in [2.05, 4.69) is 21.2 Å². The number of carboxylic acid groups (broad SMARTS) is 1. The molecular formula is C10H8BrClFNO3S. The zero-order valence-electron chi connectivity index (χ0n) is 8.87. The minimum atomic E-state index is -0.992. The van der Waals surface area contributed by atoms with Crippen molar-refractivity contribution in [2.75, 3.05) is 16.8 Å². The van der Waals surface area contributed by atoms with Crippen molar-refractivity contribution >= 4 is 56.9 Å². The maximum Gasteiger partial charge on any atom is 0.313 e. The van der Waals surface area contributed by atoms with E-state index in [1.807, 2.05) is 0 Å². The van der Waals surface area contributed by atoms with Crippen LogP contribution in [0.5, 0.6) is 0 Å². The van der Waals surface area contributed by atoms with Crippen molar-refractivity contribution in [3.63, 3.8) is 0 Å². The van der Waals surface area contributed by atoms with Gasteiger partial charge in [0.25, 0.3) is 0 Å². The van der Waals surface area contributed by atoms with E-state index in [1.165, 1.54) is 6.07 Å². The molecule has 98 valence electrons. The first-order chi connectivity index (χ1) is 8.40. The first-order valence-corrected chi connectivity index (χ1v) is 6.96. The van der Waals surface area contributed by atoms with Gasteiger partial charge >= 0.3 is 5.97 Å². The Hall–Kier alpha value is -0.790. The highest BCUT2D eigenvalue weighted by molar-refractivity contribution is 9.10. The van der Waals surface area contributed by atoms with Crippen LogP contribution in [0.2, 0.25) is 5.02 Å². The Bertz CT molecular complexity index is 463. The predicted octanol–water partition coefficient (Wildman–Crippen LogP) is 3.00. The van der Waals surface area contributed by atoms with E-state index in [9.17, 15) is 14.0 Å². The Balaban J connectivity index is 2.62. The molecule has 1 aromatic rings. The van der Waals surface area contributed by atoms with Crippen LogP contribution in [0, 0.1) is 5.82 Å². The molecule has 2 N–H and O–H groups in total. The zero-order valence-corrected chi connectivity index (χ0v) is 12.0. The largest absolute Gasteiger partial charge is 0.481 e. The molecule has 0 aromatic heterocycles. The number of amides is 1. The van der Waals surface area contributed by atoms with Crippen LogP contribution in [0.4, 0.5) is 10.1 Å². The summed E-state index contributed by atoms with van der Waals surface area (Å²) in [5.41, 5.74) is 0.263. The normalized spacial score (nSPS) is 10.2. The van der Waals surface area contributed by atoms with Gasteiger partial charge < -0.3 is 10.4 Å². The number of carbonyl (C=O) groups excluding carboxylic acids is 1. The Labute approximate surface area is 120 Å². The minimum absolute atomic E-state index is 0.0214. The Morgan fingerprint density at radius 1 is 1.44 bits per heavy atom. The van der Waals surface area contributed by atoms with Gasteiger partial charge in [0.15, 0.2) is 0 Å². The quantitative estimate of drug-likeness (QED) is 0.851. The van der Waals surface area contributed by atoms with Crippen molar-refractivity contribution in [3.8, 4) is 0 Å².